The molecule has 0 amide bonds. The Hall–Kier alpha value is -14.3. The van der Waals surface area contributed by atoms with Gasteiger partial charge in [-0.2, -0.15) is 0 Å². The Bertz CT molecular complexity index is 5620. The number of anilines is 5. The maximum atomic E-state index is 11.8. The zero-order valence-electron chi connectivity index (χ0n) is 65.1. The van der Waals surface area contributed by atoms with Crippen molar-refractivity contribution >= 4 is 93.0 Å². The molecule has 120 heavy (non-hydrogen) atoms. The van der Waals surface area contributed by atoms with E-state index in [9.17, 15) is 59.1 Å². The fraction of sp³-hybridized carbons (Fsp3) is 0.235. The van der Waals surface area contributed by atoms with Gasteiger partial charge in [0, 0.05) is 73.4 Å². The summed E-state index contributed by atoms with van der Waals surface area (Å²) in [5.74, 6) is 1.19. The number of nitro groups is 3. The largest absolute Gasteiger partial charge is 0.489 e. The Morgan fingerprint density at radius 1 is 0.475 bits per heavy atom. The van der Waals surface area contributed by atoms with Crippen LogP contribution in [-0.4, -0.2) is 105 Å². The topological polar surface area (TPSA) is 467 Å². The molecule has 11 aromatic rings. The second-order valence-corrected chi connectivity index (χ2v) is 28.5. The normalized spacial score (nSPS) is 14.2. The minimum absolute atomic E-state index is 0.115. The van der Waals surface area contributed by atoms with Crippen molar-refractivity contribution in [2.24, 2.45) is 5.73 Å². The molecule has 33 nitrogen and oxygen atoms in total. The second kappa shape index (κ2) is 39.1. The van der Waals surface area contributed by atoms with Crippen molar-refractivity contribution in [1.82, 2.24) is 24.9 Å². The van der Waals surface area contributed by atoms with Gasteiger partial charge in [0.05, 0.1) is 82.1 Å². The van der Waals surface area contributed by atoms with E-state index in [-0.39, 0.29) is 97.9 Å². The number of aromatic nitrogens is 5. The predicted molar refractivity (Wildman–Crippen MR) is 447 cm³/mol. The number of methoxy groups -OCH3 is 4. The number of fused-ring (bicyclic) bond motifs is 1. The van der Waals surface area contributed by atoms with Gasteiger partial charge in [0.15, 0.2) is 11.0 Å². The molecule has 4 saturated carbocycles. The Morgan fingerprint density at radius 3 is 1.28 bits per heavy atom. The summed E-state index contributed by atoms with van der Waals surface area (Å²) in [6.45, 7) is 1.89. The minimum Gasteiger partial charge on any atom is -0.489 e. The number of nitrogen functional groups attached to an aromatic ring is 1. The van der Waals surface area contributed by atoms with Gasteiger partial charge in [0.25, 0.3) is 5.43 Å². The van der Waals surface area contributed by atoms with Crippen LogP contribution in [0.4, 0.5) is 45.9 Å². The molecule has 10 N–H and O–H groups in total. The van der Waals surface area contributed by atoms with Crippen molar-refractivity contribution in [3.63, 3.8) is 0 Å². The number of aromatic amines is 2. The van der Waals surface area contributed by atoms with Gasteiger partial charge >= 0.3 is 40.9 Å². The third-order valence-electron chi connectivity index (χ3n) is 19.8. The number of hydrogen-bond donors (Lipinski definition) is 8. The number of rotatable bonds is 23. The molecule has 620 valence electrons. The van der Waals surface area contributed by atoms with Crippen molar-refractivity contribution in [2.75, 3.05) is 68.6 Å². The minimum atomic E-state index is -0.818. The number of benzene rings is 6. The van der Waals surface area contributed by atoms with Crippen LogP contribution in [0.15, 0.2) is 229 Å². The number of nitrogens with one attached hydrogen (secondary N) is 6. The van der Waals surface area contributed by atoms with Gasteiger partial charge in [-0.3, -0.25) is 39.9 Å². The summed E-state index contributed by atoms with van der Waals surface area (Å²) in [7, 11) is 5.45. The highest BCUT2D eigenvalue weighted by Gasteiger charge is 2.48. The summed E-state index contributed by atoms with van der Waals surface area (Å²) in [4.78, 5) is 117. The Balaban J connectivity index is 0.000000145. The summed E-state index contributed by atoms with van der Waals surface area (Å²) in [5.41, 5.74) is 18.0. The Labute approximate surface area is 695 Å². The van der Waals surface area contributed by atoms with Crippen molar-refractivity contribution in [2.45, 2.75) is 86.7 Å². The first kappa shape index (κ1) is 86.5. The molecular formula is C85H82Cl2N14O19. The number of hydrogen-bond acceptors (Lipinski definition) is 28. The lowest BCUT2D eigenvalue weighted by Gasteiger charge is -2.25. The van der Waals surface area contributed by atoms with Crippen molar-refractivity contribution < 1.29 is 67.1 Å². The molecular weight excluding hydrogens is 1590 g/mol. The first-order valence-electron chi connectivity index (χ1n) is 37.3. The van der Waals surface area contributed by atoms with Crippen molar-refractivity contribution in [1.29, 1.82) is 0 Å². The molecule has 16 rings (SSSR count). The highest BCUT2D eigenvalue weighted by molar-refractivity contribution is 6.31. The number of halogens is 2. The molecule has 0 atom stereocenters. The number of pyridine rings is 5. The third-order valence-corrected chi connectivity index (χ3v) is 20.3. The van der Waals surface area contributed by atoms with E-state index in [1.165, 1.54) is 65.2 Å². The fourth-order valence-corrected chi connectivity index (χ4v) is 12.9. The van der Waals surface area contributed by atoms with E-state index in [1.54, 1.807) is 60.9 Å². The molecule has 35 heteroatoms. The lowest BCUT2D eigenvalue weighted by atomic mass is 10.0. The van der Waals surface area contributed by atoms with Crippen LogP contribution < -0.4 is 57.8 Å². The SMILES string of the molecule is COC(=O)c1ccc(C2(N)CC2)cc1.COC(=O)c1ccc(C2(Nc3[nH]ccc(=O)c3N)CC2)cc1.COC(=O)c1ccc(C2(Nc3nccc(OCc4ccccc4)c3[N+](=O)[O-])CC2)cc1.COC(=O)c1ccc(C2(Nc3nccc4c3NCCO4)CC2)cc1.O=[N+]([O-])c1c(OCc2ccccc2)ccnc1Cl.O=c1cc[nH]c(Cl)c1[N+](=O)[O-]. The predicted octanol–water partition coefficient (Wildman–Crippen LogP) is 14.7. The van der Waals surface area contributed by atoms with Crippen LogP contribution in [0.3, 0.4) is 0 Å². The molecule has 5 aliphatic rings. The molecule has 0 radical (unpaired) electrons. The second-order valence-electron chi connectivity index (χ2n) is 27.8. The first-order chi connectivity index (χ1) is 57.8. The van der Waals surface area contributed by atoms with Crippen LogP contribution >= 0.6 is 23.2 Å². The van der Waals surface area contributed by atoms with Gasteiger partial charge in [-0.15, -0.1) is 0 Å². The molecule has 1 aliphatic heterocycles. The summed E-state index contributed by atoms with van der Waals surface area (Å²) < 4.78 is 35.6. The fourth-order valence-electron chi connectivity index (χ4n) is 12.5. The number of ether oxygens (including phenoxy) is 7. The third kappa shape index (κ3) is 21.9. The van der Waals surface area contributed by atoms with E-state index in [0.717, 1.165) is 115 Å². The number of nitrogens with two attached hydrogens (primary N) is 2. The number of carbonyl (C=O) groups is 4. The number of esters is 4. The number of H-pyrrole nitrogens is 2. The molecule has 0 spiro atoms. The Morgan fingerprint density at radius 2 is 0.867 bits per heavy atom. The van der Waals surface area contributed by atoms with Gasteiger partial charge in [-0.1, -0.05) is 132 Å². The standard InChI is InChI=1S/C23H21N3O5.C18H19N3O3.C16H17N3O3.C12H9ClN2O3.C11H13NO2.C5H3ClN2O3/c1-30-22(27)17-7-9-18(10-8-17)23(12-13-23)25-21-20(26(28)29)19(11-14-24-21)31-15-16-5-3-2-4-6-16;1-23-17(22)12-2-4-13(5-3-12)18(7-8-18)21-16-15-14(6-9-20-16)24-11-10-19-15;1-22-15(21)10-2-4-11(5-3-10)16(7-8-16)19-14-13(17)12(20)6-9-18-14;13-12-11(15(16)17)10(6-7-14-12)18-8-9-4-2-1-3-5-9;1-14-10(13)8-2-4-9(5-3-8)11(12)6-7-11;6-5-4(8(10)11)3(9)1-2-7-5/h2-11,14H,12-13,15H2,1H3,(H,24,25);2-6,9,19H,7-8,10-11H2,1H3,(H,20,21);2-6,9H,7-8,17H2,1H3,(H2,18,19,20);1-7H,8H2;2-5H,6-7,12H2,1H3;1-2H,(H,7,9). The van der Waals surface area contributed by atoms with Gasteiger partial charge in [-0.25, -0.2) is 34.1 Å². The van der Waals surface area contributed by atoms with Gasteiger partial charge in [0.1, 0.15) is 42.8 Å². The zero-order valence-corrected chi connectivity index (χ0v) is 66.6. The van der Waals surface area contributed by atoms with E-state index < -0.39 is 37.4 Å². The van der Waals surface area contributed by atoms with Gasteiger partial charge in [-0.05, 0) is 133 Å². The average molecular weight is 1670 g/mol. The molecule has 6 aromatic carbocycles. The summed E-state index contributed by atoms with van der Waals surface area (Å²) in [6.07, 6.45) is 15.0. The monoisotopic (exact) mass is 1670 g/mol. The van der Waals surface area contributed by atoms with Crippen LogP contribution in [-0.2, 0) is 54.3 Å². The maximum absolute atomic E-state index is 11.8. The molecule has 0 saturated heterocycles. The van der Waals surface area contributed by atoms with Gasteiger partial charge < -0.3 is 75.9 Å². The lowest BCUT2D eigenvalue weighted by Crippen LogP contribution is -2.24. The van der Waals surface area contributed by atoms with Crippen LogP contribution in [0.2, 0.25) is 10.3 Å². The van der Waals surface area contributed by atoms with Crippen LogP contribution in [0, 0.1) is 30.3 Å². The molecule has 5 aromatic heterocycles. The van der Waals surface area contributed by atoms with E-state index in [2.05, 4.69) is 50.9 Å². The summed E-state index contributed by atoms with van der Waals surface area (Å²) in [5, 5.41) is 45.9. The zero-order chi connectivity index (χ0) is 85.7. The summed E-state index contributed by atoms with van der Waals surface area (Å²) in [6, 6.07) is 55.2. The van der Waals surface area contributed by atoms with Crippen LogP contribution in [0.5, 0.6) is 17.2 Å². The van der Waals surface area contributed by atoms with Crippen molar-refractivity contribution in [3.8, 4) is 17.2 Å². The highest BCUT2D eigenvalue weighted by atomic mass is 35.5. The van der Waals surface area contributed by atoms with E-state index in [0.29, 0.717) is 34.7 Å². The van der Waals surface area contributed by atoms with E-state index in [1.807, 2.05) is 115 Å². The molecule has 0 bridgehead atoms. The van der Waals surface area contributed by atoms with E-state index >= 15 is 0 Å². The quantitative estimate of drug-likeness (QED) is 0.00969. The van der Waals surface area contributed by atoms with Crippen LogP contribution in [0.1, 0.15) is 126 Å². The van der Waals surface area contributed by atoms with Crippen molar-refractivity contribution in [3.05, 3.63) is 336 Å². The molecule has 6 heterocycles. The molecule has 4 aliphatic carbocycles. The number of carbonyl (C=O) groups excluding carboxylic acids is 4. The van der Waals surface area contributed by atoms with E-state index in [4.69, 9.17) is 63.1 Å². The lowest BCUT2D eigenvalue weighted by molar-refractivity contribution is -0.386. The maximum Gasteiger partial charge on any atom is 0.352 e. The summed E-state index contributed by atoms with van der Waals surface area (Å²) >= 11 is 11.0. The smallest absolute Gasteiger partial charge is 0.352 e. The Kier molecular flexibility index (Phi) is 28.2. The number of nitrogens with zero attached hydrogens (tertiary/aromatic N) is 6. The first-order valence-corrected chi connectivity index (χ1v) is 38.0. The molecule has 4 fully saturated rings. The highest BCUT2D eigenvalue weighted by Crippen LogP contribution is 2.52. The molecule has 0 unspecified atom stereocenters. The average Bonchev–Trinajstić information content (AvgIpc) is 1.71. The van der Waals surface area contributed by atoms with Gasteiger partial charge in [0.2, 0.25) is 27.9 Å². The van der Waals surface area contributed by atoms with Crippen LogP contribution in [0.25, 0.3) is 0 Å².